The predicted molar refractivity (Wildman–Crippen MR) is 64.8 cm³/mol. The van der Waals surface area contributed by atoms with Gasteiger partial charge in [-0.2, -0.15) is 0 Å². The van der Waals surface area contributed by atoms with Gasteiger partial charge in [-0.15, -0.1) is 0 Å². The Bertz CT molecular complexity index is 430. The number of nitrogens with two attached hydrogens (primary N) is 1. The van der Waals surface area contributed by atoms with Gasteiger partial charge in [-0.05, 0) is 30.2 Å². The molecule has 1 fully saturated rings. The lowest BCUT2D eigenvalue weighted by molar-refractivity contribution is 0.0370. The Hall–Kier alpha value is -1.28. The number of hydrogen-bond acceptors (Lipinski definition) is 2. The summed E-state index contributed by atoms with van der Waals surface area (Å²) in [6, 6.07) is 8.48. The molecule has 0 saturated carbocycles. The molecule has 84 valence electrons. The maximum Gasteiger partial charge on any atom is 0.0474 e. The number of allylic oxidation sites excluding steroid dienone is 1. The number of benzene rings is 1. The lowest BCUT2D eigenvalue weighted by Gasteiger charge is -2.38. The van der Waals surface area contributed by atoms with Crippen LogP contribution in [0.4, 0.5) is 0 Å². The third-order valence-corrected chi connectivity index (χ3v) is 3.82. The zero-order valence-corrected chi connectivity index (χ0v) is 9.41. The van der Waals surface area contributed by atoms with E-state index in [1.54, 1.807) is 0 Å². The van der Waals surface area contributed by atoms with Crippen LogP contribution in [0.5, 0.6) is 0 Å². The third-order valence-electron chi connectivity index (χ3n) is 3.82. The monoisotopic (exact) mass is 215 g/mol. The summed E-state index contributed by atoms with van der Waals surface area (Å²) in [4.78, 5) is 0. The van der Waals surface area contributed by atoms with E-state index in [9.17, 15) is 0 Å². The fourth-order valence-corrected chi connectivity index (χ4v) is 2.89. The van der Waals surface area contributed by atoms with E-state index in [4.69, 9.17) is 10.5 Å². The second-order valence-electron chi connectivity index (χ2n) is 4.91. The van der Waals surface area contributed by atoms with Crippen molar-refractivity contribution in [3.05, 3.63) is 41.5 Å². The summed E-state index contributed by atoms with van der Waals surface area (Å²) < 4.78 is 5.45. The maximum absolute atomic E-state index is 6.17. The standard InChI is InChI=1S/C14H17NO/c15-13-10-14(5-7-16-8-6-14)9-11-3-1-2-4-12(11)13/h1-4,10H,5-9,15H2. The molecular weight excluding hydrogens is 198 g/mol. The van der Waals surface area contributed by atoms with Crippen molar-refractivity contribution in [2.45, 2.75) is 19.3 Å². The van der Waals surface area contributed by atoms with Gasteiger partial charge in [0.15, 0.2) is 0 Å². The summed E-state index contributed by atoms with van der Waals surface area (Å²) in [5.74, 6) is 0. The van der Waals surface area contributed by atoms with Gasteiger partial charge in [0.2, 0.25) is 0 Å². The molecule has 0 radical (unpaired) electrons. The van der Waals surface area contributed by atoms with Gasteiger partial charge in [-0.3, -0.25) is 0 Å². The highest BCUT2D eigenvalue weighted by Gasteiger charge is 2.34. The van der Waals surface area contributed by atoms with E-state index in [2.05, 4.69) is 30.3 Å². The largest absolute Gasteiger partial charge is 0.398 e. The van der Waals surface area contributed by atoms with Crippen LogP contribution in [-0.4, -0.2) is 13.2 Å². The van der Waals surface area contributed by atoms with Crippen LogP contribution in [0.15, 0.2) is 30.3 Å². The van der Waals surface area contributed by atoms with Crippen molar-refractivity contribution in [3.8, 4) is 0 Å². The normalized spacial score (nSPS) is 22.6. The molecule has 0 amide bonds. The van der Waals surface area contributed by atoms with Gasteiger partial charge >= 0.3 is 0 Å². The van der Waals surface area contributed by atoms with E-state index < -0.39 is 0 Å². The molecule has 1 aliphatic carbocycles. The average Bonchev–Trinajstić information content (AvgIpc) is 2.30. The summed E-state index contributed by atoms with van der Waals surface area (Å²) in [5, 5.41) is 0. The second kappa shape index (κ2) is 3.63. The van der Waals surface area contributed by atoms with Gasteiger partial charge in [-0.1, -0.05) is 30.3 Å². The highest BCUT2D eigenvalue weighted by molar-refractivity contribution is 5.68. The van der Waals surface area contributed by atoms with Gasteiger partial charge < -0.3 is 10.5 Å². The van der Waals surface area contributed by atoms with Crippen LogP contribution in [0, 0.1) is 5.41 Å². The van der Waals surface area contributed by atoms with E-state index in [-0.39, 0.29) is 5.41 Å². The van der Waals surface area contributed by atoms with Crippen LogP contribution in [0.2, 0.25) is 0 Å². The first-order valence-electron chi connectivity index (χ1n) is 5.93. The number of hydrogen-bond donors (Lipinski definition) is 1. The van der Waals surface area contributed by atoms with Crippen LogP contribution in [0.3, 0.4) is 0 Å². The van der Waals surface area contributed by atoms with E-state index in [0.29, 0.717) is 0 Å². The Morgan fingerprint density at radius 1 is 1.12 bits per heavy atom. The molecule has 2 heteroatoms. The molecule has 1 heterocycles. The van der Waals surface area contributed by atoms with Crippen molar-refractivity contribution in [2.75, 3.05) is 13.2 Å². The molecule has 0 aromatic heterocycles. The smallest absolute Gasteiger partial charge is 0.0474 e. The molecule has 2 nitrogen and oxygen atoms in total. The summed E-state index contributed by atoms with van der Waals surface area (Å²) in [6.45, 7) is 1.73. The minimum Gasteiger partial charge on any atom is -0.398 e. The van der Waals surface area contributed by atoms with Crippen molar-refractivity contribution >= 4 is 5.70 Å². The van der Waals surface area contributed by atoms with Crippen molar-refractivity contribution in [3.63, 3.8) is 0 Å². The quantitative estimate of drug-likeness (QED) is 0.721. The van der Waals surface area contributed by atoms with E-state index >= 15 is 0 Å². The lowest BCUT2D eigenvalue weighted by Crippen LogP contribution is -2.33. The number of rotatable bonds is 0. The molecule has 1 aliphatic heterocycles. The minimum absolute atomic E-state index is 0.261. The van der Waals surface area contributed by atoms with E-state index in [1.807, 2.05) is 0 Å². The molecule has 0 atom stereocenters. The second-order valence-corrected chi connectivity index (χ2v) is 4.91. The van der Waals surface area contributed by atoms with Gasteiger partial charge in [-0.25, -0.2) is 0 Å². The third kappa shape index (κ3) is 1.54. The van der Waals surface area contributed by atoms with E-state index in [0.717, 1.165) is 38.2 Å². The fraction of sp³-hybridized carbons (Fsp3) is 0.429. The van der Waals surface area contributed by atoms with Crippen molar-refractivity contribution in [1.82, 2.24) is 0 Å². The van der Waals surface area contributed by atoms with Gasteiger partial charge in [0.25, 0.3) is 0 Å². The van der Waals surface area contributed by atoms with Crippen molar-refractivity contribution < 1.29 is 4.74 Å². The zero-order valence-electron chi connectivity index (χ0n) is 9.41. The maximum atomic E-state index is 6.17. The highest BCUT2D eigenvalue weighted by atomic mass is 16.5. The van der Waals surface area contributed by atoms with Crippen LogP contribution in [0.1, 0.15) is 24.0 Å². The highest BCUT2D eigenvalue weighted by Crippen LogP contribution is 2.41. The van der Waals surface area contributed by atoms with Crippen LogP contribution >= 0.6 is 0 Å². The Morgan fingerprint density at radius 2 is 1.88 bits per heavy atom. The Kier molecular flexibility index (Phi) is 2.25. The molecule has 2 aliphatic rings. The Labute approximate surface area is 96.1 Å². The van der Waals surface area contributed by atoms with Gasteiger partial charge in [0.1, 0.15) is 0 Å². The van der Waals surface area contributed by atoms with Crippen LogP contribution < -0.4 is 5.73 Å². The lowest BCUT2D eigenvalue weighted by atomic mass is 9.70. The number of ether oxygens (including phenoxy) is 1. The molecule has 16 heavy (non-hydrogen) atoms. The molecule has 0 bridgehead atoms. The molecule has 1 saturated heterocycles. The summed E-state index contributed by atoms with van der Waals surface area (Å²) >= 11 is 0. The Morgan fingerprint density at radius 3 is 2.69 bits per heavy atom. The Balaban J connectivity index is 2.01. The summed E-state index contributed by atoms with van der Waals surface area (Å²) in [6.07, 6.45) is 5.59. The average molecular weight is 215 g/mol. The van der Waals surface area contributed by atoms with Gasteiger partial charge in [0.05, 0.1) is 0 Å². The molecule has 1 aromatic carbocycles. The number of fused-ring (bicyclic) bond motifs is 1. The van der Waals surface area contributed by atoms with E-state index in [1.165, 1.54) is 11.1 Å². The van der Waals surface area contributed by atoms with Crippen LogP contribution in [-0.2, 0) is 11.2 Å². The first-order chi connectivity index (χ1) is 7.79. The molecule has 1 spiro atoms. The molecule has 1 aromatic rings. The zero-order chi connectivity index (χ0) is 11.0. The minimum atomic E-state index is 0.261. The molecular formula is C14H17NO. The fourth-order valence-electron chi connectivity index (χ4n) is 2.89. The van der Waals surface area contributed by atoms with Crippen molar-refractivity contribution in [1.29, 1.82) is 0 Å². The predicted octanol–water partition coefficient (Wildman–Crippen LogP) is 2.34. The summed E-state index contributed by atoms with van der Waals surface area (Å²) in [7, 11) is 0. The molecule has 2 N–H and O–H groups in total. The van der Waals surface area contributed by atoms with Crippen molar-refractivity contribution in [2.24, 2.45) is 11.1 Å². The first-order valence-corrected chi connectivity index (χ1v) is 5.93. The first kappa shape index (κ1) is 9.91. The van der Waals surface area contributed by atoms with Crippen LogP contribution in [0.25, 0.3) is 5.70 Å². The van der Waals surface area contributed by atoms with Gasteiger partial charge in [0, 0.05) is 24.5 Å². The summed E-state index contributed by atoms with van der Waals surface area (Å²) in [5.41, 5.74) is 10.00. The topological polar surface area (TPSA) is 35.2 Å². The molecule has 3 rings (SSSR count). The SMILES string of the molecule is NC1=CC2(CCOCC2)Cc2ccccc21. The molecule has 0 unspecified atom stereocenters.